The Kier molecular flexibility index (Phi) is 2.20. The van der Waals surface area contributed by atoms with Gasteiger partial charge < -0.3 is 10.5 Å². The van der Waals surface area contributed by atoms with Crippen molar-refractivity contribution < 1.29 is 4.74 Å². The molecule has 86 valence electrons. The van der Waals surface area contributed by atoms with Crippen LogP contribution in [0.4, 0.5) is 0 Å². The molecular weight excluding hydrogens is 210 g/mol. The van der Waals surface area contributed by atoms with Crippen molar-refractivity contribution in [3.63, 3.8) is 0 Å². The van der Waals surface area contributed by atoms with E-state index in [1.807, 2.05) is 12.1 Å². The molecule has 0 fully saturated rings. The highest BCUT2D eigenvalue weighted by molar-refractivity contribution is 5.85. The molecule has 0 aromatic heterocycles. The Morgan fingerprint density at radius 2 is 1.65 bits per heavy atom. The average molecular weight is 225 g/mol. The highest BCUT2D eigenvalue weighted by Gasteiger charge is 2.29. The van der Waals surface area contributed by atoms with Crippen molar-refractivity contribution in [1.29, 1.82) is 0 Å². The first-order chi connectivity index (χ1) is 8.24. The van der Waals surface area contributed by atoms with Gasteiger partial charge in [-0.25, -0.2) is 0 Å². The molecule has 3 rings (SSSR count). The molecule has 1 aliphatic rings. The van der Waals surface area contributed by atoms with Gasteiger partial charge in [0.15, 0.2) is 0 Å². The summed E-state index contributed by atoms with van der Waals surface area (Å²) >= 11 is 0. The molecule has 0 saturated heterocycles. The molecule has 2 heteroatoms. The van der Waals surface area contributed by atoms with E-state index in [4.69, 9.17) is 10.5 Å². The quantitative estimate of drug-likeness (QED) is 0.809. The van der Waals surface area contributed by atoms with E-state index in [1.54, 1.807) is 7.11 Å². The molecule has 0 bridgehead atoms. The molecule has 0 aliphatic heterocycles. The first-order valence-electron chi connectivity index (χ1n) is 5.76. The number of aryl methyl sites for hydroxylation is 1. The molecule has 0 saturated carbocycles. The molecule has 2 aromatic carbocycles. The molecule has 2 nitrogen and oxygen atoms in total. The first kappa shape index (κ1) is 10.4. The third-order valence-corrected chi connectivity index (χ3v) is 3.50. The van der Waals surface area contributed by atoms with Crippen LogP contribution in [0.1, 0.15) is 22.7 Å². The Morgan fingerprint density at radius 1 is 1.00 bits per heavy atom. The van der Waals surface area contributed by atoms with Crippen LogP contribution < -0.4 is 10.5 Å². The summed E-state index contributed by atoms with van der Waals surface area (Å²) in [5, 5.41) is 0. The zero-order chi connectivity index (χ0) is 12.0. The van der Waals surface area contributed by atoms with Crippen molar-refractivity contribution in [2.75, 3.05) is 7.11 Å². The molecular formula is C15H15NO. The van der Waals surface area contributed by atoms with E-state index in [0.717, 1.165) is 16.9 Å². The van der Waals surface area contributed by atoms with Gasteiger partial charge >= 0.3 is 0 Å². The summed E-state index contributed by atoms with van der Waals surface area (Å²) in [6, 6.07) is 12.3. The highest BCUT2D eigenvalue weighted by Crippen LogP contribution is 2.48. The second-order valence-corrected chi connectivity index (χ2v) is 4.44. The molecule has 1 unspecified atom stereocenters. The van der Waals surface area contributed by atoms with Gasteiger partial charge in [0, 0.05) is 5.56 Å². The van der Waals surface area contributed by atoms with Crippen LogP contribution in [0.15, 0.2) is 36.4 Å². The topological polar surface area (TPSA) is 35.2 Å². The number of fused-ring (bicyclic) bond motifs is 3. The third-order valence-electron chi connectivity index (χ3n) is 3.50. The number of nitrogens with two attached hydrogens (primary N) is 1. The van der Waals surface area contributed by atoms with Crippen molar-refractivity contribution in [2.45, 2.75) is 13.0 Å². The van der Waals surface area contributed by atoms with Crippen molar-refractivity contribution >= 4 is 0 Å². The summed E-state index contributed by atoms with van der Waals surface area (Å²) in [6.07, 6.45) is 0. The van der Waals surface area contributed by atoms with Crippen LogP contribution in [0.2, 0.25) is 0 Å². The van der Waals surface area contributed by atoms with Crippen molar-refractivity contribution in [3.05, 3.63) is 53.1 Å². The van der Waals surface area contributed by atoms with Crippen LogP contribution in [0.25, 0.3) is 11.1 Å². The fourth-order valence-electron chi connectivity index (χ4n) is 2.70. The van der Waals surface area contributed by atoms with E-state index in [0.29, 0.717) is 0 Å². The van der Waals surface area contributed by atoms with E-state index < -0.39 is 0 Å². The molecule has 1 atom stereocenters. The highest BCUT2D eigenvalue weighted by atomic mass is 16.5. The minimum absolute atomic E-state index is 0.0324. The number of methoxy groups -OCH3 is 1. The van der Waals surface area contributed by atoms with Gasteiger partial charge in [-0.1, -0.05) is 30.3 Å². The first-order valence-corrected chi connectivity index (χ1v) is 5.76. The van der Waals surface area contributed by atoms with Gasteiger partial charge in [-0.3, -0.25) is 0 Å². The van der Waals surface area contributed by atoms with Crippen LogP contribution in [0, 0.1) is 6.92 Å². The Labute approximate surface area is 101 Å². The Hall–Kier alpha value is -1.80. The van der Waals surface area contributed by atoms with E-state index in [2.05, 4.69) is 31.2 Å². The second kappa shape index (κ2) is 3.60. The van der Waals surface area contributed by atoms with Crippen molar-refractivity contribution in [2.24, 2.45) is 5.73 Å². The summed E-state index contributed by atoms with van der Waals surface area (Å²) in [5.41, 5.74) is 12.3. The minimum atomic E-state index is -0.0324. The van der Waals surface area contributed by atoms with Gasteiger partial charge in [-0.15, -0.1) is 0 Å². The third kappa shape index (κ3) is 1.31. The maximum absolute atomic E-state index is 6.29. The van der Waals surface area contributed by atoms with Crippen LogP contribution in [-0.2, 0) is 0 Å². The maximum atomic E-state index is 6.29. The summed E-state index contributed by atoms with van der Waals surface area (Å²) in [6.45, 7) is 2.12. The Bertz CT molecular complexity index is 589. The van der Waals surface area contributed by atoms with E-state index >= 15 is 0 Å². The summed E-state index contributed by atoms with van der Waals surface area (Å²) in [7, 11) is 1.71. The molecule has 1 aliphatic carbocycles. The normalized spacial score (nSPS) is 16.5. The number of hydrogen-bond acceptors (Lipinski definition) is 2. The monoisotopic (exact) mass is 225 g/mol. The zero-order valence-electron chi connectivity index (χ0n) is 10.0. The number of benzene rings is 2. The standard InChI is InChI=1S/C15H15NO/c1-9-5-3-6-10-13(9)14-11(15(10)16)7-4-8-12(14)17-2/h3-8,15H,16H2,1-2H3. The molecule has 2 aromatic rings. The smallest absolute Gasteiger partial charge is 0.127 e. The van der Waals surface area contributed by atoms with Gasteiger partial charge in [0.1, 0.15) is 5.75 Å². The fourth-order valence-corrected chi connectivity index (χ4v) is 2.70. The largest absolute Gasteiger partial charge is 0.496 e. The lowest BCUT2D eigenvalue weighted by Gasteiger charge is -2.09. The molecule has 17 heavy (non-hydrogen) atoms. The van der Waals surface area contributed by atoms with Gasteiger partial charge in [0.2, 0.25) is 0 Å². The van der Waals surface area contributed by atoms with E-state index in [-0.39, 0.29) is 6.04 Å². The van der Waals surface area contributed by atoms with Crippen molar-refractivity contribution in [3.8, 4) is 16.9 Å². The number of rotatable bonds is 1. The van der Waals surface area contributed by atoms with Crippen LogP contribution in [-0.4, -0.2) is 7.11 Å². The molecule has 0 heterocycles. The van der Waals surface area contributed by atoms with Gasteiger partial charge in [-0.05, 0) is 35.2 Å². The van der Waals surface area contributed by atoms with E-state index in [1.165, 1.54) is 16.7 Å². The number of ether oxygens (including phenoxy) is 1. The van der Waals surface area contributed by atoms with E-state index in [9.17, 15) is 0 Å². The number of hydrogen-bond donors (Lipinski definition) is 1. The van der Waals surface area contributed by atoms with Gasteiger partial charge in [-0.2, -0.15) is 0 Å². The molecule has 0 spiro atoms. The molecule has 0 amide bonds. The molecule has 0 radical (unpaired) electrons. The zero-order valence-corrected chi connectivity index (χ0v) is 10.0. The minimum Gasteiger partial charge on any atom is -0.496 e. The fraction of sp³-hybridized carbons (Fsp3) is 0.200. The lowest BCUT2D eigenvalue weighted by atomic mass is 10.00. The maximum Gasteiger partial charge on any atom is 0.127 e. The summed E-state index contributed by atoms with van der Waals surface area (Å²) in [4.78, 5) is 0. The van der Waals surface area contributed by atoms with Crippen LogP contribution in [0.5, 0.6) is 5.75 Å². The lowest BCUT2D eigenvalue weighted by Crippen LogP contribution is -2.07. The van der Waals surface area contributed by atoms with Crippen molar-refractivity contribution in [1.82, 2.24) is 0 Å². The lowest BCUT2D eigenvalue weighted by molar-refractivity contribution is 0.416. The predicted octanol–water partition coefficient (Wildman–Crippen LogP) is 3.03. The SMILES string of the molecule is COc1cccc2c1-c1c(C)cccc1C2N. The Morgan fingerprint density at radius 3 is 2.35 bits per heavy atom. The average Bonchev–Trinajstić information content (AvgIpc) is 2.65. The van der Waals surface area contributed by atoms with Crippen LogP contribution in [0.3, 0.4) is 0 Å². The second-order valence-electron chi connectivity index (χ2n) is 4.44. The van der Waals surface area contributed by atoms with Crippen LogP contribution >= 0.6 is 0 Å². The van der Waals surface area contributed by atoms with Gasteiger partial charge in [0.05, 0.1) is 13.2 Å². The predicted molar refractivity (Wildman–Crippen MR) is 69.2 cm³/mol. The van der Waals surface area contributed by atoms with Gasteiger partial charge in [0.25, 0.3) is 0 Å². The molecule has 2 N–H and O–H groups in total. The Balaban J connectivity index is 2.39. The summed E-state index contributed by atoms with van der Waals surface area (Å²) in [5.74, 6) is 0.908. The summed E-state index contributed by atoms with van der Waals surface area (Å²) < 4.78 is 5.46.